The second-order valence-electron chi connectivity index (χ2n) is 13.3. The standard InChI is InChI=1S/C35H51ClN8O4S/c1-8-43(29(46)11-9-10-16-39-34(47)48-35(5,6)7)20-19-37-17-18-38-28(45)21-27-32-42-41-24(4)44(32)33-30(22(2)23(3)49-33)31(40-27)25-12-14-26(36)15-13-25/h12-15,24,27,37,41H,8-11,16-21H2,1-7H3,(H,38,45)(H,39,47). The summed E-state index contributed by atoms with van der Waals surface area (Å²) >= 11 is 7.93. The number of likely N-dealkylation sites (N-methyl/N-ethyl adjacent to an activating group) is 1. The molecule has 3 amide bonds. The fourth-order valence-corrected chi connectivity index (χ4v) is 7.06. The number of nitrogens with zero attached hydrogens (tertiary/aromatic N) is 4. The van der Waals surface area contributed by atoms with Crippen molar-refractivity contribution in [3.63, 3.8) is 0 Å². The van der Waals surface area contributed by atoms with Crippen LogP contribution in [0.4, 0.5) is 9.80 Å². The summed E-state index contributed by atoms with van der Waals surface area (Å²) in [7, 11) is 0. The summed E-state index contributed by atoms with van der Waals surface area (Å²) < 4.78 is 5.23. The number of nitrogens with one attached hydrogen (secondary N) is 4. The van der Waals surface area contributed by atoms with E-state index in [1.54, 1.807) is 11.3 Å². The fraction of sp³-hybridized carbons (Fsp3) is 0.571. The number of amidine groups is 1. The molecular formula is C35H51ClN8O4S. The summed E-state index contributed by atoms with van der Waals surface area (Å²) in [6, 6.07) is 7.19. The molecule has 1 aromatic carbocycles. The van der Waals surface area contributed by atoms with Gasteiger partial charge in [0.05, 0.1) is 12.1 Å². The van der Waals surface area contributed by atoms with E-state index in [0.717, 1.165) is 27.7 Å². The van der Waals surface area contributed by atoms with Gasteiger partial charge in [0, 0.05) is 66.7 Å². The number of aryl methyl sites for hydroxylation is 1. The van der Waals surface area contributed by atoms with Crippen molar-refractivity contribution in [1.82, 2.24) is 26.3 Å². The van der Waals surface area contributed by atoms with Crippen molar-refractivity contribution < 1.29 is 19.1 Å². The smallest absolute Gasteiger partial charge is 0.407 e. The van der Waals surface area contributed by atoms with Gasteiger partial charge >= 0.3 is 6.09 Å². The number of amides is 3. The largest absolute Gasteiger partial charge is 0.444 e. The molecule has 3 heterocycles. The number of aliphatic imine (C=N–C) groups is 1. The monoisotopic (exact) mass is 714 g/mol. The molecule has 14 heteroatoms. The van der Waals surface area contributed by atoms with Crippen molar-refractivity contribution >= 4 is 57.4 Å². The third-order valence-corrected chi connectivity index (χ3v) is 9.76. The third kappa shape index (κ3) is 10.4. The number of thiophene rings is 1. The van der Waals surface area contributed by atoms with E-state index in [-0.39, 0.29) is 24.4 Å². The maximum absolute atomic E-state index is 13.2. The number of hydrogen-bond acceptors (Lipinski definition) is 10. The lowest BCUT2D eigenvalue weighted by Gasteiger charge is -2.24. The Balaban J connectivity index is 1.25. The number of carbonyl (C=O) groups excluding carboxylic acids is 3. The summed E-state index contributed by atoms with van der Waals surface area (Å²) in [5.41, 5.74) is 6.66. The van der Waals surface area contributed by atoms with Crippen LogP contribution >= 0.6 is 22.9 Å². The van der Waals surface area contributed by atoms with E-state index >= 15 is 0 Å². The Morgan fingerprint density at radius 1 is 1.06 bits per heavy atom. The van der Waals surface area contributed by atoms with Crippen LogP contribution < -0.4 is 26.3 Å². The lowest BCUT2D eigenvalue weighted by molar-refractivity contribution is -0.131. The summed E-state index contributed by atoms with van der Waals surface area (Å²) in [4.78, 5) is 48.1. The predicted molar refractivity (Wildman–Crippen MR) is 198 cm³/mol. The minimum absolute atomic E-state index is 0.0727. The molecule has 12 nitrogen and oxygen atoms in total. The van der Waals surface area contributed by atoms with Crippen LogP contribution in [0.25, 0.3) is 0 Å². The van der Waals surface area contributed by atoms with Gasteiger partial charge in [-0.1, -0.05) is 23.7 Å². The first kappa shape index (κ1) is 38.1. The third-order valence-electron chi connectivity index (χ3n) is 8.30. The van der Waals surface area contributed by atoms with Crippen molar-refractivity contribution in [3.05, 3.63) is 50.9 Å². The van der Waals surface area contributed by atoms with E-state index in [0.29, 0.717) is 63.6 Å². The number of hydrogen-bond donors (Lipinski definition) is 4. The number of hydrazone groups is 1. The molecule has 2 unspecified atom stereocenters. The second-order valence-corrected chi connectivity index (χ2v) is 14.9. The molecule has 0 radical (unpaired) electrons. The Labute approximate surface area is 299 Å². The highest BCUT2D eigenvalue weighted by Gasteiger charge is 2.39. The summed E-state index contributed by atoms with van der Waals surface area (Å²) in [6.45, 7) is 17.0. The first-order chi connectivity index (χ1) is 23.3. The van der Waals surface area contributed by atoms with Gasteiger partial charge in [-0.3, -0.25) is 24.9 Å². The summed E-state index contributed by atoms with van der Waals surface area (Å²) in [5, 5.41) is 15.4. The van der Waals surface area contributed by atoms with Crippen LogP contribution in [0.2, 0.25) is 5.02 Å². The molecule has 2 aliphatic heterocycles. The molecule has 268 valence electrons. The van der Waals surface area contributed by atoms with Crippen molar-refractivity contribution in [2.45, 2.75) is 92.0 Å². The number of unbranched alkanes of at least 4 members (excludes halogenated alkanes) is 1. The Kier molecular flexibility index (Phi) is 13.5. The van der Waals surface area contributed by atoms with Gasteiger partial charge in [0.15, 0.2) is 5.84 Å². The predicted octanol–water partition coefficient (Wildman–Crippen LogP) is 4.95. The molecular weight excluding hydrogens is 664 g/mol. The van der Waals surface area contributed by atoms with Crippen molar-refractivity contribution in [1.29, 1.82) is 0 Å². The summed E-state index contributed by atoms with van der Waals surface area (Å²) in [5.74, 6) is 0.706. The van der Waals surface area contributed by atoms with Crippen molar-refractivity contribution in [2.24, 2.45) is 10.1 Å². The first-order valence-corrected chi connectivity index (χ1v) is 18.3. The highest BCUT2D eigenvalue weighted by Crippen LogP contribution is 2.41. The zero-order valence-electron chi connectivity index (χ0n) is 29.7. The molecule has 0 saturated heterocycles. The van der Waals surface area contributed by atoms with Gasteiger partial charge in [0.2, 0.25) is 11.8 Å². The van der Waals surface area contributed by atoms with Gasteiger partial charge in [-0.25, -0.2) is 4.79 Å². The molecule has 4 N–H and O–H groups in total. The normalized spacial score (nSPS) is 16.9. The maximum Gasteiger partial charge on any atom is 0.407 e. The number of rotatable bonds is 15. The van der Waals surface area contributed by atoms with Gasteiger partial charge in [0.1, 0.15) is 22.8 Å². The van der Waals surface area contributed by atoms with Crippen LogP contribution in [0.15, 0.2) is 34.4 Å². The van der Waals surface area contributed by atoms with Gasteiger partial charge in [-0.15, -0.1) is 11.3 Å². The topological polar surface area (TPSA) is 140 Å². The Morgan fingerprint density at radius 3 is 2.49 bits per heavy atom. The van der Waals surface area contributed by atoms with Gasteiger partial charge < -0.3 is 25.6 Å². The quantitative estimate of drug-likeness (QED) is 0.192. The minimum atomic E-state index is -0.535. The van der Waals surface area contributed by atoms with E-state index in [9.17, 15) is 14.4 Å². The molecule has 2 atom stereocenters. The van der Waals surface area contributed by atoms with Crippen LogP contribution in [-0.4, -0.2) is 91.4 Å². The SMILES string of the molecule is CCN(CCNCCNC(=O)CC1N=C(c2ccc(Cl)cc2)c2c(sc(C)c2C)N2C1=NNC2C)C(=O)CCCCNC(=O)OC(C)(C)C. The minimum Gasteiger partial charge on any atom is -0.444 e. The fourth-order valence-electron chi connectivity index (χ4n) is 5.68. The van der Waals surface area contributed by atoms with E-state index < -0.39 is 17.7 Å². The maximum atomic E-state index is 13.2. The molecule has 0 saturated carbocycles. The molecule has 4 rings (SSSR count). The molecule has 0 fully saturated rings. The molecule has 0 aliphatic carbocycles. The Hall–Kier alpha value is -3.68. The average Bonchev–Trinajstić information content (AvgIpc) is 3.51. The molecule has 2 aliphatic rings. The first-order valence-electron chi connectivity index (χ1n) is 17.1. The number of fused-ring (bicyclic) bond motifs is 3. The molecule has 0 spiro atoms. The number of ether oxygens (including phenoxy) is 1. The lowest BCUT2D eigenvalue weighted by Crippen LogP contribution is -2.43. The number of alkyl carbamates (subject to hydrolysis) is 1. The molecule has 49 heavy (non-hydrogen) atoms. The van der Waals surface area contributed by atoms with Crippen molar-refractivity contribution in [3.8, 4) is 0 Å². The van der Waals surface area contributed by atoms with E-state index in [1.165, 1.54) is 10.4 Å². The highest BCUT2D eigenvalue weighted by molar-refractivity contribution is 7.17. The number of carbonyl (C=O) groups is 3. The number of benzene rings is 1. The van der Waals surface area contributed by atoms with Crippen LogP contribution in [0.3, 0.4) is 0 Å². The zero-order chi connectivity index (χ0) is 35.7. The van der Waals surface area contributed by atoms with Crippen LogP contribution in [0.1, 0.15) is 81.9 Å². The van der Waals surface area contributed by atoms with Crippen LogP contribution in [-0.2, 0) is 14.3 Å². The lowest BCUT2D eigenvalue weighted by atomic mass is 9.99. The van der Waals surface area contributed by atoms with Crippen molar-refractivity contribution in [2.75, 3.05) is 44.2 Å². The highest BCUT2D eigenvalue weighted by atomic mass is 35.5. The summed E-state index contributed by atoms with van der Waals surface area (Å²) in [6.07, 6.45) is 1.44. The Bertz CT molecular complexity index is 1540. The number of anilines is 1. The molecule has 2 aromatic rings. The van der Waals surface area contributed by atoms with Gasteiger partial charge in [-0.05, 0) is 79.0 Å². The van der Waals surface area contributed by atoms with E-state index in [2.05, 4.69) is 52.1 Å². The van der Waals surface area contributed by atoms with E-state index in [4.69, 9.17) is 21.3 Å². The molecule has 1 aromatic heterocycles. The molecule has 0 bridgehead atoms. The Morgan fingerprint density at radius 2 is 1.80 bits per heavy atom. The zero-order valence-corrected chi connectivity index (χ0v) is 31.3. The van der Waals surface area contributed by atoms with Gasteiger partial charge in [0.25, 0.3) is 0 Å². The van der Waals surface area contributed by atoms with Gasteiger partial charge in [-0.2, -0.15) is 5.10 Å². The number of halogens is 1. The van der Waals surface area contributed by atoms with Crippen LogP contribution in [0, 0.1) is 13.8 Å². The van der Waals surface area contributed by atoms with Crippen LogP contribution in [0.5, 0.6) is 0 Å². The van der Waals surface area contributed by atoms with E-state index in [1.807, 2.05) is 56.9 Å². The second kappa shape index (κ2) is 17.3. The average molecular weight is 715 g/mol.